The van der Waals surface area contributed by atoms with Gasteiger partial charge in [0.2, 0.25) is 0 Å². The third-order valence-corrected chi connectivity index (χ3v) is 2.44. The molecular formula is C14H24FN. The van der Waals surface area contributed by atoms with E-state index in [9.17, 15) is 4.39 Å². The minimum atomic E-state index is -0.282. The van der Waals surface area contributed by atoms with Gasteiger partial charge in [-0.2, -0.15) is 0 Å². The van der Waals surface area contributed by atoms with E-state index in [4.69, 9.17) is 0 Å². The lowest BCUT2D eigenvalue weighted by atomic mass is 10.0. The normalized spacial score (nSPS) is 9.88. The Labute approximate surface area is 99.1 Å². The van der Waals surface area contributed by atoms with Crippen molar-refractivity contribution in [1.82, 2.24) is 4.98 Å². The molecule has 0 atom stereocenters. The molecule has 0 radical (unpaired) electrons. The predicted octanol–water partition coefficient (Wildman–Crippen LogP) is 4.75. The van der Waals surface area contributed by atoms with Gasteiger partial charge in [0, 0.05) is 5.69 Å². The van der Waals surface area contributed by atoms with Gasteiger partial charge in [-0.15, -0.1) is 0 Å². The standard InChI is InChI=1S/C8H18.C6H6FN/c1-4-6-8(3)7-5-2;1-5-2-3-6(7)4-8-5/h8H,4-7H2,1-3H3;2-4H,1H3. The first-order chi connectivity index (χ1) is 7.60. The zero-order valence-corrected chi connectivity index (χ0v) is 11.0. The summed E-state index contributed by atoms with van der Waals surface area (Å²) in [4.78, 5) is 3.70. The third-order valence-electron chi connectivity index (χ3n) is 2.44. The molecule has 0 aliphatic rings. The number of hydrogen-bond acceptors (Lipinski definition) is 1. The third kappa shape index (κ3) is 8.39. The molecule has 92 valence electrons. The number of nitrogens with zero attached hydrogens (tertiary/aromatic N) is 1. The Hall–Kier alpha value is -0.920. The maximum Gasteiger partial charge on any atom is 0.141 e. The molecule has 1 heterocycles. The summed E-state index contributed by atoms with van der Waals surface area (Å²) in [7, 11) is 0. The lowest BCUT2D eigenvalue weighted by Crippen LogP contribution is -1.91. The second-order valence-electron chi connectivity index (χ2n) is 4.30. The van der Waals surface area contributed by atoms with Crippen LogP contribution in [0.5, 0.6) is 0 Å². The topological polar surface area (TPSA) is 12.9 Å². The summed E-state index contributed by atoms with van der Waals surface area (Å²) in [6, 6.07) is 3.03. The van der Waals surface area contributed by atoms with Crippen molar-refractivity contribution >= 4 is 0 Å². The van der Waals surface area contributed by atoms with Crippen LogP contribution < -0.4 is 0 Å². The van der Waals surface area contributed by atoms with E-state index in [0.29, 0.717) is 0 Å². The molecule has 0 fully saturated rings. The van der Waals surface area contributed by atoms with Crippen LogP contribution in [-0.2, 0) is 0 Å². The molecular weight excluding hydrogens is 201 g/mol. The number of pyridine rings is 1. The molecule has 1 aromatic heterocycles. The molecule has 0 aromatic carbocycles. The second kappa shape index (κ2) is 9.32. The van der Waals surface area contributed by atoms with Crippen molar-refractivity contribution in [2.24, 2.45) is 5.92 Å². The molecule has 1 rings (SSSR count). The van der Waals surface area contributed by atoms with Gasteiger partial charge >= 0.3 is 0 Å². The molecule has 0 spiro atoms. The first-order valence-electron chi connectivity index (χ1n) is 6.18. The van der Waals surface area contributed by atoms with E-state index in [1.165, 1.54) is 37.9 Å². The van der Waals surface area contributed by atoms with Crippen LogP contribution in [0, 0.1) is 18.7 Å². The van der Waals surface area contributed by atoms with Gasteiger partial charge in [0.15, 0.2) is 0 Å². The highest BCUT2D eigenvalue weighted by Crippen LogP contribution is 2.10. The van der Waals surface area contributed by atoms with Crippen molar-refractivity contribution in [1.29, 1.82) is 0 Å². The van der Waals surface area contributed by atoms with E-state index in [-0.39, 0.29) is 5.82 Å². The number of aromatic nitrogens is 1. The maximum absolute atomic E-state index is 12.0. The lowest BCUT2D eigenvalue weighted by Gasteiger charge is -2.05. The molecule has 0 N–H and O–H groups in total. The Morgan fingerprint density at radius 1 is 1.19 bits per heavy atom. The van der Waals surface area contributed by atoms with Gasteiger partial charge in [-0.3, -0.25) is 4.98 Å². The van der Waals surface area contributed by atoms with Gasteiger partial charge in [0.05, 0.1) is 6.20 Å². The summed E-state index contributed by atoms with van der Waals surface area (Å²) in [5.74, 6) is 0.681. The van der Waals surface area contributed by atoms with Crippen LogP contribution in [-0.4, -0.2) is 4.98 Å². The molecule has 1 aromatic rings. The van der Waals surface area contributed by atoms with Crippen LogP contribution in [0.25, 0.3) is 0 Å². The average Bonchev–Trinajstić information content (AvgIpc) is 2.24. The van der Waals surface area contributed by atoms with Gasteiger partial charge in [-0.05, 0) is 25.0 Å². The average molecular weight is 225 g/mol. The highest BCUT2D eigenvalue weighted by molar-refractivity contribution is 5.02. The maximum atomic E-state index is 12.0. The SMILES string of the molecule is CCCC(C)CCC.Cc1ccc(F)cn1. The van der Waals surface area contributed by atoms with Gasteiger partial charge in [0.25, 0.3) is 0 Å². The summed E-state index contributed by atoms with van der Waals surface area (Å²) >= 11 is 0. The van der Waals surface area contributed by atoms with Gasteiger partial charge < -0.3 is 0 Å². The Balaban J connectivity index is 0.000000281. The monoisotopic (exact) mass is 225 g/mol. The molecule has 0 saturated heterocycles. The molecule has 0 bridgehead atoms. The zero-order chi connectivity index (χ0) is 12.4. The first kappa shape index (κ1) is 15.1. The van der Waals surface area contributed by atoms with Crippen LogP contribution in [0.3, 0.4) is 0 Å². The van der Waals surface area contributed by atoms with Crippen LogP contribution in [0.4, 0.5) is 4.39 Å². The molecule has 0 amide bonds. The van der Waals surface area contributed by atoms with Gasteiger partial charge in [0.1, 0.15) is 5.82 Å². The van der Waals surface area contributed by atoms with Crippen LogP contribution in [0.15, 0.2) is 18.3 Å². The lowest BCUT2D eigenvalue weighted by molar-refractivity contribution is 0.480. The highest BCUT2D eigenvalue weighted by Gasteiger charge is 1.95. The second-order valence-corrected chi connectivity index (χ2v) is 4.30. The van der Waals surface area contributed by atoms with Crippen molar-refractivity contribution in [3.63, 3.8) is 0 Å². The first-order valence-corrected chi connectivity index (χ1v) is 6.18. The fourth-order valence-electron chi connectivity index (χ4n) is 1.58. The van der Waals surface area contributed by atoms with Crippen molar-refractivity contribution in [3.05, 3.63) is 29.8 Å². The molecule has 0 unspecified atom stereocenters. The molecule has 0 aliphatic heterocycles. The molecule has 0 saturated carbocycles. The number of rotatable bonds is 4. The summed E-state index contributed by atoms with van der Waals surface area (Å²) in [6.07, 6.45) is 6.72. The Bertz CT molecular complexity index is 229. The molecule has 16 heavy (non-hydrogen) atoms. The van der Waals surface area contributed by atoms with Gasteiger partial charge in [-0.25, -0.2) is 4.39 Å². The zero-order valence-electron chi connectivity index (χ0n) is 11.0. The smallest absolute Gasteiger partial charge is 0.141 e. The van der Waals surface area contributed by atoms with E-state index in [1.807, 2.05) is 6.92 Å². The van der Waals surface area contributed by atoms with Crippen LogP contribution >= 0.6 is 0 Å². The number of hydrogen-bond donors (Lipinski definition) is 0. The minimum Gasteiger partial charge on any atom is -0.259 e. The summed E-state index contributed by atoms with van der Waals surface area (Å²) in [5.41, 5.74) is 0.839. The van der Waals surface area contributed by atoms with Crippen molar-refractivity contribution in [2.45, 2.75) is 53.4 Å². The molecule has 0 aliphatic carbocycles. The number of halogens is 1. The van der Waals surface area contributed by atoms with Crippen molar-refractivity contribution in [3.8, 4) is 0 Å². The largest absolute Gasteiger partial charge is 0.259 e. The summed E-state index contributed by atoms with van der Waals surface area (Å²) in [6.45, 7) is 8.67. The summed E-state index contributed by atoms with van der Waals surface area (Å²) in [5, 5.41) is 0. The van der Waals surface area contributed by atoms with E-state index < -0.39 is 0 Å². The fourth-order valence-corrected chi connectivity index (χ4v) is 1.58. The summed E-state index contributed by atoms with van der Waals surface area (Å²) < 4.78 is 12.0. The van der Waals surface area contributed by atoms with Crippen LogP contribution in [0.1, 0.15) is 52.1 Å². The fraction of sp³-hybridized carbons (Fsp3) is 0.643. The quantitative estimate of drug-likeness (QED) is 0.720. The minimum absolute atomic E-state index is 0.282. The number of aryl methyl sites for hydroxylation is 1. The van der Waals surface area contributed by atoms with E-state index in [0.717, 1.165) is 11.6 Å². The van der Waals surface area contributed by atoms with Crippen LogP contribution in [0.2, 0.25) is 0 Å². The Morgan fingerprint density at radius 3 is 2.06 bits per heavy atom. The molecule has 1 nitrogen and oxygen atoms in total. The van der Waals surface area contributed by atoms with E-state index in [1.54, 1.807) is 6.07 Å². The van der Waals surface area contributed by atoms with E-state index in [2.05, 4.69) is 25.8 Å². The Morgan fingerprint density at radius 2 is 1.75 bits per heavy atom. The molecule has 2 heteroatoms. The Kier molecular flexibility index (Phi) is 8.78. The predicted molar refractivity (Wildman–Crippen MR) is 67.9 cm³/mol. The van der Waals surface area contributed by atoms with E-state index >= 15 is 0 Å². The highest BCUT2D eigenvalue weighted by atomic mass is 19.1. The van der Waals surface area contributed by atoms with Gasteiger partial charge in [-0.1, -0.05) is 46.5 Å². The van der Waals surface area contributed by atoms with Crippen molar-refractivity contribution < 1.29 is 4.39 Å². The van der Waals surface area contributed by atoms with Crippen molar-refractivity contribution in [2.75, 3.05) is 0 Å².